The van der Waals surface area contributed by atoms with Crippen molar-refractivity contribution in [1.82, 2.24) is 15.3 Å². The van der Waals surface area contributed by atoms with E-state index in [1.54, 1.807) is 37.7 Å². The molecule has 1 aliphatic heterocycles. The molecule has 42 heavy (non-hydrogen) atoms. The Morgan fingerprint density at radius 2 is 1.86 bits per heavy atom. The van der Waals surface area contributed by atoms with Gasteiger partial charge in [0.05, 0.1) is 36.8 Å². The molecular weight excluding hydrogens is 528 g/mol. The molecule has 2 unspecified atom stereocenters. The molecule has 3 N–H and O–H groups in total. The SMILES string of the molecule is C/C=C\C.C=C(O)C(=C)C1Nc2ccc(C(=O)NC(C)c3ccncn3)cc2N1C.CC=NC/C(=C\C)OC.CCC. The third-order valence-electron chi connectivity index (χ3n) is 5.76. The summed E-state index contributed by atoms with van der Waals surface area (Å²) in [6, 6.07) is 6.92. The number of aromatic nitrogens is 2. The maximum absolute atomic E-state index is 12.6. The second-order valence-electron chi connectivity index (χ2n) is 9.12. The van der Waals surface area contributed by atoms with Crippen molar-refractivity contribution < 1.29 is 14.6 Å². The highest BCUT2D eigenvalue weighted by atomic mass is 16.5. The molecule has 9 nitrogen and oxygen atoms in total. The van der Waals surface area contributed by atoms with Crippen molar-refractivity contribution in [2.24, 2.45) is 4.99 Å². The number of carbonyl (C=O) groups excluding carboxylic acids is 1. The number of aliphatic hydroxyl groups is 1. The number of benzene rings is 1. The molecule has 1 amide bonds. The molecule has 0 aliphatic carbocycles. The molecule has 2 heterocycles. The van der Waals surface area contributed by atoms with Crippen LogP contribution in [0.3, 0.4) is 0 Å². The van der Waals surface area contributed by atoms with Crippen LogP contribution in [-0.4, -0.2) is 54.1 Å². The van der Waals surface area contributed by atoms with E-state index in [9.17, 15) is 9.90 Å². The van der Waals surface area contributed by atoms with Crippen LogP contribution in [0.4, 0.5) is 11.4 Å². The lowest BCUT2D eigenvalue weighted by Gasteiger charge is -2.23. The minimum atomic E-state index is -0.305. The van der Waals surface area contributed by atoms with E-state index in [2.05, 4.69) is 52.6 Å². The number of likely N-dealkylation sites (N-methyl/N-ethyl adjacent to an activating group) is 1. The van der Waals surface area contributed by atoms with E-state index in [1.807, 2.05) is 70.9 Å². The molecule has 0 spiro atoms. The van der Waals surface area contributed by atoms with Gasteiger partial charge >= 0.3 is 0 Å². The fourth-order valence-electron chi connectivity index (χ4n) is 3.31. The van der Waals surface area contributed by atoms with Crippen LogP contribution >= 0.6 is 0 Å². The van der Waals surface area contributed by atoms with Crippen LogP contribution in [0.1, 0.15) is 77.0 Å². The number of rotatable bonds is 8. The highest BCUT2D eigenvalue weighted by molar-refractivity contribution is 5.97. The van der Waals surface area contributed by atoms with Gasteiger partial charge in [0, 0.05) is 24.4 Å². The van der Waals surface area contributed by atoms with Gasteiger partial charge in [-0.05, 0) is 71.2 Å². The largest absolute Gasteiger partial charge is 0.508 e. The van der Waals surface area contributed by atoms with Gasteiger partial charge in [0.15, 0.2) is 0 Å². The minimum absolute atomic E-state index is 0.0706. The fourth-order valence-corrected chi connectivity index (χ4v) is 3.31. The summed E-state index contributed by atoms with van der Waals surface area (Å²) in [6.45, 7) is 22.0. The normalized spacial score (nSPS) is 14.2. The van der Waals surface area contributed by atoms with Crippen LogP contribution in [0.25, 0.3) is 0 Å². The Balaban J connectivity index is 0.000000870. The van der Waals surface area contributed by atoms with E-state index in [0.717, 1.165) is 22.8 Å². The zero-order chi connectivity index (χ0) is 32.1. The Kier molecular flexibility index (Phi) is 19.1. The predicted molar refractivity (Wildman–Crippen MR) is 177 cm³/mol. The number of fused-ring (bicyclic) bond motifs is 1. The third kappa shape index (κ3) is 12.8. The molecule has 230 valence electrons. The second-order valence-corrected chi connectivity index (χ2v) is 9.12. The first-order chi connectivity index (χ1) is 20.1. The quantitative estimate of drug-likeness (QED) is 0.129. The molecular formula is C33H50N6O3. The molecule has 2 atom stereocenters. The maximum atomic E-state index is 12.6. The number of amides is 1. The Bertz CT molecular complexity index is 1190. The van der Waals surface area contributed by atoms with Crippen molar-refractivity contribution in [2.45, 2.75) is 67.1 Å². The molecule has 1 aromatic carbocycles. The summed E-state index contributed by atoms with van der Waals surface area (Å²) in [6.07, 6.45) is 11.7. The van der Waals surface area contributed by atoms with E-state index in [1.165, 1.54) is 12.7 Å². The first kappa shape index (κ1) is 37.6. The van der Waals surface area contributed by atoms with Gasteiger partial charge in [-0.15, -0.1) is 0 Å². The minimum Gasteiger partial charge on any atom is -0.508 e. The van der Waals surface area contributed by atoms with Gasteiger partial charge in [-0.1, -0.05) is 45.6 Å². The van der Waals surface area contributed by atoms with Crippen molar-refractivity contribution in [1.29, 1.82) is 0 Å². The van der Waals surface area contributed by atoms with E-state index in [0.29, 0.717) is 17.7 Å². The highest BCUT2D eigenvalue weighted by Crippen LogP contribution is 2.37. The fraction of sp³-hybridized carbons (Fsp3) is 0.394. The lowest BCUT2D eigenvalue weighted by atomic mass is 10.1. The average Bonchev–Trinajstić information content (AvgIpc) is 3.33. The monoisotopic (exact) mass is 578 g/mol. The van der Waals surface area contributed by atoms with E-state index >= 15 is 0 Å². The van der Waals surface area contributed by atoms with Crippen LogP contribution < -0.4 is 15.5 Å². The van der Waals surface area contributed by atoms with Gasteiger partial charge in [0.1, 0.15) is 24.0 Å². The summed E-state index contributed by atoms with van der Waals surface area (Å²) in [4.78, 5) is 26.5. The van der Waals surface area contributed by atoms with Crippen LogP contribution in [0.2, 0.25) is 0 Å². The molecule has 0 bridgehead atoms. The molecule has 2 aromatic rings. The molecule has 0 fully saturated rings. The van der Waals surface area contributed by atoms with Gasteiger partial charge < -0.3 is 25.4 Å². The molecule has 1 aliphatic rings. The van der Waals surface area contributed by atoms with Gasteiger partial charge in [-0.2, -0.15) is 0 Å². The van der Waals surface area contributed by atoms with Crippen molar-refractivity contribution in [3.63, 3.8) is 0 Å². The number of nitrogens with zero attached hydrogens (tertiary/aromatic N) is 4. The average molecular weight is 579 g/mol. The number of methoxy groups -OCH3 is 1. The van der Waals surface area contributed by atoms with Crippen molar-refractivity contribution in [3.05, 3.63) is 96.5 Å². The summed E-state index contributed by atoms with van der Waals surface area (Å²) in [5.41, 5.74) is 3.46. The van der Waals surface area contributed by atoms with Crippen LogP contribution in [-0.2, 0) is 4.74 Å². The van der Waals surface area contributed by atoms with Crippen LogP contribution in [0.5, 0.6) is 0 Å². The van der Waals surface area contributed by atoms with Gasteiger partial charge in [-0.25, -0.2) is 9.97 Å². The predicted octanol–water partition coefficient (Wildman–Crippen LogP) is 7.41. The Hall–Kier alpha value is -4.40. The number of anilines is 2. The first-order valence-electron chi connectivity index (χ1n) is 14.0. The van der Waals surface area contributed by atoms with E-state index in [-0.39, 0.29) is 23.9 Å². The van der Waals surface area contributed by atoms with Crippen LogP contribution in [0, 0.1) is 0 Å². The number of hydrogen-bond acceptors (Lipinski definition) is 8. The number of allylic oxidation sites excluding steroid dienone is 3. The smallest absolute Gasteiger partial charge is 0.251 e. The number of ether oxygens (including phenoxy) is 1. The van der Waals surface area contributed by atoms with Crippen molar-refractivity contribution >= 4 is 23.5 Å². The maximum Gasteiger partial charge on any atom is 0.251 e. The lowest BCUT2D eigenvalue weighted by Crippen LogP contribution is -2.34. The summed E-state index contributed by atoms with van der Waals surface area (Å²) in [5.74, 6) is 0.646. The Morgan fingerprint density at radius 3 is 2.33 bits per heavy atom. The van der Waals surface area contributed by atoms with Crippen molar-refractivity contribution in [2.75, 3.05) is 30.9 Å². The van der Waals surface area contributed by atoms with Crippen LogP contribution in [0.15, 0.2) is 90.3 Å². The molecule has 0 radical (unpaired) electrons. The molecule has 9 heteroatoms. The van der Waals surface area contributed by atoms with Gasteiger partial charge in [-0.3, -0.25) is 9.79 Å². The van der Waals surface area contributed by atoms with Gasteiger partial charge in [0.2, 0.25) is 0 Å². The zero-order valence-corrected chi connectivity index (χ0v) is 26.8. The molecule has 0 saturated carbocycles. The second kappa shape index (κ2) is 21.4. The van der Waals surface area contributed by atoms with Crippen molar-refractivity contribution in [3.8, 4) is 0 Å². The standard InChI is InChI=1S/C19H21N5O2.C7H13NO.C4H8.C3H8/c1-11(13(3)25)18-23-16-6-5-14(9-17(16)24(18)4)19(26)22-12(2)15-7-8-20-10-21-15;1-4-7(9-3)6-8-5-2;1-3-4-2;1-3-2/h5-10,12,18,23,25H,1,3H2,2,4H3,(H,22,26);4-5H,6H2,1-3H3;3-4H,1-2H3;3H2,1-2H3/b;7-4+,8-5?;4-3-;. The first-order valence-corrected chi connectivity index (χ1v) is 14.0. The number of carbonyl (C=O) groups is 1. The molecule has 0 saturated heterocycles. The topological polar surface area (TPSA) is 112 Å². The Labute approximate surface area is 252 Å². The summed E-state index contributed by atoms with van der Waals surface area (Å²) in [5, 5.41) is 15.8. The third-order valence-corrected chi connectivity index (χ3v) is 5.76. The number of hydrogen-bond donors (Lipinski definition) is 3. The number of nitrogens with one attached hydrogen (secondary N) is 2. The van der Waals surface area contributed by atoms with E-state index < -0.39 is 0 Å². The molecule has 3 rings (SSSR count). The van der Waals surface area contributed by atoms with E-state index in [4.69, 9.17) is 4.74 Å². The summed E-state index contributed by atoms with van der Waals surface area (Å²) >= 11 is 0. The Morgan fingerprint density at radius 1 is 1.21 bits per heavy atom. The lowest BCUT2D eigenvalue weighted by molar-refractivity contribution is 0.0939. The summed E-state index contributed by atoms with van der Waals surface area (Å²) < 4.78 is 4.95. The zero-order valence-electron chi connectivity index (χ0n) is 26.8. The highest BCUT2D eigenvalue weighted by Gasteiger charge is 2.29. The number of aliphatic imine (C=N–C) groups is 1. The molecule has 1 aromatic heterocycles. The van der Waals surface area contributed by atoms with Gasteiger partial charge in [0.25, 0.3) is 5.91 Å². The number of aliphatic hydroxyl groups excluding tert-OH is 1. The summed E-state index contributed by atoms with van der Waals surface area (Å²) in [7, 11) is 3.52.